The SMILES string of the molecule is Cc1cc(C)c(C(C)NC(=O)c2c[nH]c3ccccc3c2=O)cc1C. The van der Waals surface area contributed by atoms with E-state index < -0.39 is 0 Å². The summed E-state index contributed by atoms with van der Waals surface area (Å²) < 4.78 is 0. The predicted octanol–water partition coefficient (Wildman–Crippen LogP) is 3.94. The van der Waals surface area contributed by atoms with Gasteiger partial charge in [0.05, 0.1) is 6.04 Å². The summed E-state index contributed by atoms with van der Waals surface area (Å²) in [5.41, 5.74) is 5.21. The van der Waals surface area contributed by atoms with E-state index in [4.69, 9.17) is 0 Å². The van der Waals surface area contributed by atoms with Crippen LogP contribution in [-0.2, 0) is 0 Å². The Morgan fingerprint density at radius 1 is 1.04 bits per heavy atom. The van der Waals surface area contributed by atoms with Crippen LogP contribution in [0.5, 0.6) is 0 Å². The quantitative estimate of drug-likeness (QED) is 0.762. The molecule has 25 heavy (non-hydrogen) atoms. The second-order valence-electron chi connectivity index (χ2n) is 6.57. The molecule has 2 aromatic carbocycles. The van der Waals surface area contributed by atoms with Crippen LogP contribution >= 0.6 is 0 Å². The molecule has 0 saturated carbocycles. The summed E-state index contributed by atoms with van der Waals surface area (Å²) in [5, 5.41) is 3.47. The van der Waals surface area contributed by atoms with Gasteiger partial charge in [0.1, 0.15) is 5.56 Å². The lowest BCUT2D eigenvalue weighted by molar-refractivity contribution is 0.0938. The van der Waals surface area contributed by atoms with Gasteiger partial charge < -0.3 is 10.3 Å². The van der Waals surface area contributed by atoms with E-state index in [1.807, 2.05) is 26.0 Å². The molecule has 4 nitrogen and oxygen atoms in total. The van der Waals surface area contributed by atoms with Crippen LogP contribution in [0.3, 0.4) is 0 Å². The highest BCUT2D eigenvalue weighted by molar-refractivity contribution is 5.97. The van der Waals surface area contributed by atoms with Crippen LogP contribution < -0.4 is 10.7 Å². The second kappa shape index (κ2) is 6.55. The molecule has 0 aliphatic carbocycles. The van der Waals surface area contributed by atoms with Crippen molar-refractivity contribution in [2.45, 2.75) is 33.7 Å². The Morgan fingerprint density at radius 3 is 2.48 bits per heavy atom. The maximum absolute atomic E-state index is 12.6. The van der Waals surface area contributed by atoms with Gasteiger partial charge in [0.2, 0.25) is 5.43 Å². The van der Waals surface area contributed by atoms with Crippen LogP contribution in [0.2, 0.25) is 0 Å². The number of nitrogens with one attached hydrogen (secondary N) is 2. The zero-order valence-electron chi connectivity index (χ0n) is 14.9. The number of aromatic amines is 1. The van der Waals surface area contributed by atoms with E-state index in [0.29, 0.717) is 5.39 Å². The van der Waals surface area contributed by atoms with Crippen molar-refractivity contribution in [2.24, 2.45) is 0 Å². The third kappa shape index (κ3) is 3.20. The maximum Gasteiger partial charge on any atom is 0.257 e. The van der Waals surface area contributed by atoms with Gasteiger partial charge in [-0.05, 0) is 62.1 Å². The van der Waals surface area contributed by atoms with Crippen LogP contribution in [0, 0.1) is 20.8 Å². The van der Waals surface area contributed by atoms with Gasteiger partial charge in [0.15, 0.2) is 0 Å². The molecule has 1 unspecified atom stereocenters. The van der Waals surface area contributed by atoms with Crippen molar-refractivity contribution in [3.05, 3.63) is 80.6 Å². The molecule has 3 rings (SSSR count). The number of hydrogen-bond donors (Lipinski definition) is 2. The van der Waals surface area contributed by atoms with Gasteiger partial charge in [0, 0.05) is 17.1 Å². The molecule has 1 atom stereocenters. The fourth-order valence-electron chi connectivity index (χ4n) is 3.14. The first-order chi connectivity index (χ1) is 11.9. The minimum absolute atomic E-state index is 0.132. The molecule has 0 spiro atoms. The summed E-state index contributed by atoms with van der Waals surface area (Å²) in [6.45, 7) is 8.10. The molecule has 2 N–H and O–H groups in total. The maximum atomic E-state index is 12.6. The van der Waals surface area contributed by atoms with Crippen molar-refractivity contribution in [2.75, 3.05) is 0 Å². The molecule has 0 aliphatic rings. The molecule has 0 radical (unpaired) electrons. The lowest BCUT2D eigenvalue weighted by Crippen LogP contribution is -2.31. The molecular formula is C21H22N2O2. The van der Waals surface area contributed by atoms with Crippen LogP contribution in [0.25, 0.3) is 10.9 Å². The monoisotopic (exact) mass is 334 g/mol. The van der Waals surface area contributed by atoms with Crippen molar-refractivity contribution in [1.29, 1.82) is 0 Å². The van der Waals surface area contributed by atoms with Gasteiger partial charge in [-0.25, -0.2) is 0 Å². The molecule has 0 fully saturated rings. The highest BCUT2D eigenvalue weighted by Gasteiger charge is 2.17. The number of carbonyl (C=O) groups is 1. The molecule has 0 bridgehead atoms. The number of benzene rings is 2. The summed E-state index contributed by atoms with van der Waals surface area (Å²) >= 11 is 0. The Balaban J connectivity index is 1.91. The van der Waals surface area contributed by atoms with Crippen LogP contribution in [0.1, 0.15) is 45.6 Å². The minimum atomic E-state index is -0.364. The number of aryl methyl sites for hydroxylation is 3. The first-order valence-electron chi connectivity index (χ1n) is 8.37. The summed E-state index contributed by atoms with van der Waals surface area (Å²) in [6, 6.07) is 11.2. The van der Waals surface area contributed by atoms with Gasteiger partial charge in [-0.15, -0.1) is 0 Å². The van der Waals surface area contributed by atoms with E-state index in [1.54, 1.807) is 12.1 Å². The molecule has 0 aliphatic heterocycles. The predicted molar refractivity (Wildman–Crippen MR) is 101 cm³/mol. The van der Waals surface area contributed by atoms with E-state index in [2.05, 4.69) is 36.3 Å². The molecule has 1 heterocycles. The Morgan fingerprint density at radius 2 is 1.72 bits per heavy atom. The third-order valence-electron chi connectivity index (χ3n) is 4.73. The molecular weight excluding hydrogens is 312 g/mol. The average Bonchev–Trinajstić information content (AvgIpc) is 2.58. The van der Waals surface area contributed by atoms with E-state index in [-0.39, 0.29) is 22.9 Å². The number of para-hydroxylation sites is 1. The smallest absolute Gasteiger partial charge is 0.257 e. The largest absolute Gasteiger partial charge is 0.360 e. The molecule has 3 aromatic rings. The van der Waals surface area contributed by atoms with E-state index in [0.717, 1.165) is 16.6 Å². The Kier molecular flexibility index (Phi) is 4.45. The van der Waals surface area contributed by atoms with Crippen molar-refractivity contribution in [3.8, 4) is 0 Å². The van der Waals surface area contributed by atoms with Crippen LogP contribution in [0.4, 0.5) is 0 Å². The topological polar surface area (TPSA) is 62.0 Å². The molecule has 128 valence electrons. The summed E-state index contributed by atoms with van der Waals surface area (Å²) in [4.78, 5) is 28.2. The lowest BCUT2D eigenvalue weighted by Gasteiger charge is -2.18. The number of aromatic nitrogens is 1. The number of fused-ring (bicyclic) bond motifs is 1. The standard InChI is InChI=1S/C21H22N2O2/c1-12-9-14(3)17(10-13(12)2)15(4)23-21(25)18-11-22-19-8-6-5-7-16(19)20(18)24/h5-11,15H,1-4H3,(H,22,24)(H,23,25). The fourth-order valence-corrected chi connectivity index (χ4v) is 3.14. The number of carbonyl (C=O) groups excluding carboxylic acids is 1. The first kappa shape index (κ1) is 17.0. The Labute approximate surface area is 146 Å². The van der Waals surface area contributed by atoms with Crippen LogP contribution in [0.15, 0.2) is 47.4 Å². The lowest BCUT2D eigenvalue weighted by atomic mass is 9.96. The molecule has 4 heteroatoms. The minimum Gasteiger partial charge on any atom is -0.360 e. The van der Waals surface area contributed by atoms with Gasteiger partial charge in [-0.1, -0.05) is 24.3 Å². The number of H-pyrrole nitrogens is 1. The zero-order chi connectivity index (χ0) is 18.1. The molecule has 0 saturated heterocycles. The highest BCUT2D eigenvalue weighted by Crippen LogP contribution is 2.22. The number of pyridine rings is 1. The normalized spacial score (nSPS) is 12.2. The number of amides is 1. The van der Waals surface area contributed by atoms with E-state index in [9.17, 15) is 9.59 Å². The van der Waals surface area contributed by atoms with Crippen molar-refractivity contribution in [3.63, 3.8) is 0 Å². The summed E-state index contributed by atoms with van der Waals surface area (Å²) in [6.07, 6.45) is 1.49. The van der Waals surface area contributed by atoms with Gasteiger partial charge >= 0.3 is 0 Å². The van der Waals surface area contributed by atoms with E-state index >= 15 is 0 Å². The van der Waals surface area contributed by atoms with Crippen LogP contribution in [-0.4, -0.2) is 10.9 Å². The van der Waals surface area contributed by atoms with Crippen molar-refractivity contribution < 1.29 is 4.79 Å². The highest BCUT2D eigenvalue weighted by atomic mass is 16.2. The van der Waals surface area contributed by atoms with Gasteiger partial charge in [-0.2, -0.15) is 0 Å². The summed E-state index contributed by atoms with van der Waals surface area (Å²) in [5.74, 6) is -0.364. The Bertz CT molecular complexity index is 1020. The van der Waals surface area contributed by atoms with Crippen molar-refractivity contribution in [1.82, 2.24) is 10.3 Å². The summed E-state index contributed by atoms with van der Waals surface area (Å²) in [7, 11) is 0. The average molecular weight is 334 g/mol. The molecule has 1 amide bonds. The number of rotatable bonds is 3. The number of hydrogen-bond acceptors (Lipinski definition) is 2. The Hall–Kier alpha value is -2.88. The second-order valence-corrected chi connectivity index (χ2v) is 6.57. The van der Waals surface area contributed by atoms with Crippen molar-refractivity contribution >= 4 is 16.8 Å². The van der Waals surface area contributed by atoms with Gasteiger partial charge in [0.25, 0.3) is 5.91 Å². The fraction of sp³-hybridized carbons (Fsp3) is 0.238. The first-order valence-corrected chi connectivity index (χ1v) is 8.37. The van der Waals surface area contributed by atoms with E-state index in [1.165, 1.54) is 17.3 Å². The third-order valence-corrected chi connectivity index (χ3v) is 4.73. The van der Waals surface area contributed by atoms with Gasteiger partial charge in [-0.3, -0.25) is 9.59 Å². The molecule has 1 aromatic heterocycles. The zero-order valence-corrected chi connectivity index (χ0v) is 14.9.